The SMILES string of the molecule is COC(=O)C1COCCN1CCOCCO. The summed E-state index contributed by atoms with van der Waals surface area (Å²) < 4.78 is 15.1. The molecule has 94 valence electrons. The molecule has 1 atom stereocenters. The number of aliphatic hydroxyl groups excluding tert-OH is 1. The van der Waals surface area contributed by atoms with Crippen LogP contribution >= 0.6 is 0 Å². The summed E-state index contributed by atoms with van der Waals surface area (Å²) in [7, 11) is 1.37. The summed E-state index contributed by atoms with van der Waals surface area (Å²) in [6, 6.07) is -0.337. The summed E-state index contributed by atoms with van der Waals surface area (Å²) in [6.45, 7) is 3.16. The number of aliphatic hydroxyl groups is 1. The van der Waals surface area contributed by atoms with Crippen molar-refractivity contribution in [2.24, 2.45) is 0 Å². The fraction of sp³-hybridized carbons (Fsp3) is 0.900. The van der Waals surface area contributed by atoms with E-state index in [9.17, 15) is 4.79 Å². The van der Waals surface area contributed by atoms with Crippen LogP contribution in [0.5, 0.6) is 0 Å². The Morgan fingerprint density at radius 3 is 3.06 bits per heavy atom. The zero-order chi connectivity index (χ0) is 11.8. The minimum Gasteiger partial charge on any atom is -0.468 e. The van der Waals surface area contributed by atoms with Crippen molar-refractivity contribution < 1.29 is 24.1 Å². The van der Waals surface area contributed by atoms with Gasteiger partial charge in [-0.2, -0.15) is 0 Å². The average molecular weight is 233 g/mol. The Morgan fingerprint density at radius 2 is 2.38 bits per heavy atom. The Bertz CT molecular complexity index is 211. The van der Waals surface area contributed by atoms with Crippen LogP contribution in [0.15, 0.2) is 0 Å². The first-order chi connectivity index (χ1) is 7.79. The number of carbonyl (C=O) groups excluding carboxylic acids is 1. The summed E-state index contributed by atoms with van der Waals surface area (Å²) in [4.78, 5) is 13.4. The van der Waals surface area contributed by atoms with Gasteiger partial charge in [-0.05, 0) is 0 Å². The Balaban J connectivity index is 2.32. The van der Waals surface area contributed by atoms with Crippen LogP contribution < -0.4 is 0 Å². The normalized spacial score (nSPS) is 22.0. The predicted molar refractivity (Wildman–Crippen MR) is 56.1 cm³/mol. The number of methoxy groups -OCH3 is 1. The molecule has 0 bridgehead atoms. The monoisotopic (exact) mass is 233 g/mol. The van der Waals surface area contributed by atoms with Crippen LogP contribution in [0, 0.1) is 0 Å². The zero-order valence-corrected chi connectivity index (χ0v) is 9.55. The predicted octanol–water partition coefficient (Wildman–Crippen LogP) is -1.13. The van der Waals surface area contributed by atoms with Crippen LogP contribution in [0.1, 0.15) is 0 Å². The number of morpholine rings is 1. The fourth-order valence-corrected chi connectivity index (χ4v) is 1.61. The number of esters is 1. The highest BCUT2D eigenvalue weighted by molar-refractivity contribution is 5.75. The molecule has 1 N–H and O–H groups in total. The number of ether oxygens (including phenoxy) is 3. The van der Waals surface area contributed by atoms with Gasteiger partial charge in [0.1, 0.15) is 6.04 Å². The van der Waals surface area contributed by atoms with Crippen LogP contribution in [0.3, 0.4) is 0 Å². The van der Waals surface area contributed by atoms with E-state index in [2.05, 4.69) is 0 Å². The van der Waals surface area contributed by atoms with Crippen LogP contribution in [0.4, 0.5) is 0 Å². The first-order valence-corrected chi connectivity index (χ1v) is 5.38. The maximum absolute atomic E-state index is 11.4. The molecular weight excluding hydrogens is 214 g/mol. The maximum Gasteiger partial charge on any atom is 0.325 e. The molecule has 6 heteroatoms. The summed E-state index contributed by atoms with van der Waals surface area (Å²) in [6.07, 6.45) is 0. The maximum atomic E-state index is 11.4. The molecule has 1 aliphatic heterocycles. The molecule has 1 fully saturated rings. The molecule has 16 heavy (non-hydrogen) atoms. The van der Waals surface area contributed by atoms with Crippen molar-refractivity contribution in [2.45, 2.75) is 6.04 Å². The largest absolute Gasteiger partial charge is 0.468 e. The molecule has 0 aromatic heterocycles. The van der Waals surface area contributed by atoms with E-state index in [1.165, 1.54) is 7.11 Å². The highest BCUT2D eigenvalue weighted by atomic mass is 16.5. The van der Waals surface area contributed by atoms with E-state index < -0.39 is 0 Å². The highest BCUT2D eigenvalue weighted by Crippen LogP contribution is 2.07. The Labute approximate surface area is 95.1 Å². The molecule has 0 radical (unpaired) electrons. The molecule has 1 unspecified atom stereocenters. The second kappa shape index (κ2) is 7.56. The van der Waals surface area contributed by atoms with E-state index in [0.717, 1.165) is 0 Å². The van der Waals surface area contributed by atoms with Gasteiger partial charge in [-0.25, -0.2) is 0 Å². The van der Waals surface area contributed by atoms with E-state index in [1.807, 2.05) is 4.90 Å². The van der Waals surface area contributed by atoms with Gasteiger partial charge in [-0.15, -0.1) is 0 Å². The molecule has 0 aromatic carbocycles. The second-order valence-electron chi connectivity index (χ2n) is 3.49. The topological polar surface area (TPSA) is 68.2 Å². The summed E-state index contributed by atoms with van der Waals surface area (Å²) >= 11 is 0. The quantitative estimate of drug-likeness (QED) is 0.462. The number of nitrogens with zero attached hydrogens (tertiary/aromatic N) is 1. The molecule has 0 aromatic rings. The van der Waals surface area contributed by atoms with E-state index in [-0.39, 0.29) is 18.6 Å². The molecule has 0 saturated carbocycles. The van der Waals surface area contributed by atoms with Gasteiger partial charge in [0.05, 0.1) is 40.1 Å². The average Bonchev–Trinajstić information content (AvgIpc) is 2.34. The lowest BCUT2D eigenvalue weighted by Gasteiger charge is -2.33. The molecule has 1 heterocycles. The van der Waals surface area contributed by atoms with Crippen molar-refractivity contribution in [3.63, 3.8) is 0 Å². The third-order valence-corrected chi connectivity index (χ3v) is 2.47. The third-order valence-electron chi connectivity index (χ3n) is 2.47. The standard InChI is InChI=1S/C10H19NO5/c1-14-10(13)9-8-16-6-3-11(9)2-5-15-7-4-12/h9,12H,2-8H2,1H3. The minimum atomic E-state index is -0.337. The molecule has 6 nitrogen and oxygen atoms in total. The Kier molecular flexibility index (Phi) is 6.32. The highest BCUT2D eigenvalue weighted by Gasteiger charge is 2.29. The fourth-order valence-electron chi connectivity index (χ4n) is 1.61. The van der Waals surface area contributed by atoms with Crippen LogP contribution in [-0.2, 0) is 19.0 Å². The lowest BCUT2D eigenvalue weighted by atomic mass is 10.2. The van der Waals surface area contributed by atoms with Crippen LogP contribution in [-0.4, -0.2) is 75.3 Å². The van der Waals surface area contributed by atoms with Crippen molar-refractivity contribution in [1.29, 1.82) is 0 Å². The number of carbonyl (C=O) groups is 1. The number of rotatable bonds is 6. The third kappa shape index (κ3) is 4.05. The first-order valence-electron chi connectivity index (χ1n) is 5.38. The summed E-state index contributed by atoms with van der Waals surface area (Å²) in [5, 5.41) is 8.55. The lowest BCUT2D eigenvalue weighted by molar-refractivity contribution is -0.153. The zero-order valence-electron chi connectivity index (χ0n) is 9.55. The van der Waals surface area contributed by atoms with Gasteiger partial charge >= 0.3 is 5.97 Å². The van der Waals surface area contributed by atoms with Crippen molar-refractivity contribution >= 4 is 5.97 Å². The van der Waals surface area contributed by atoms with E-state index in [4.69, 9.17) is 19.3 Å². The molecule has 0 spiro atoms. The number of hydrogen-bond donors (Lipinski definition) is 1. The first kappa shape index (κ1) is 13.4. The molecule has 1 rings (SSSR count). The van der Waals surface area contributed by atoms with Crippen molar-refractivity contribution in [3.8, 4) is 0 Å². The van der Waals surface area contributed by atoms with Gasteiger partial charge in [0.25, 0.3) is 0 Å². The van der Waals surface area contributed by atoms with Crippen molar-refractivity contribution in [1.82, 2.24) is 4.90 Å². The van der Waals surface area contributed by atoms with Crippen LogP contribution in [0.2, 0.25) is 0 Å². The van der Waals surface area contributed by atoms with Crippen molar-refractivity contribution in [3.05, 3.63) is 0 Å². The number of hydrogen-bond acceptors (Lipinski definition) is 6. The van der Waals surface area contributed by atoms with Gasteiger partial charge in [0.15, 0.2) is 0 Å². The van der Waals surface area contributed by atoms with Gasteiger partial charge in [0, 0.05) is 13.1 Å². The van der Waals surface area contributed by atoms with Gasteiger partial charge in [0.2, 0.25) is 0 Å². The minimum absolute atomic E-state index is 0.0174. The van der Waals surface area contributed by atoms with Crippen LogP contribution in [0.25, 0.3) is 0 Å². The smallest absolute Gasteiger partial charge is 0.325 e. The van der Waals surface area contributed by atoms with E-state index in [0.29, 0.717) is 39.5 Å². The molecule has 1 saturated heterocycles. The molecule has 0 amide bonds. The Morgan fingerprint density at radius 1 is 1.56 bits per heavy atom. The van der Waals surface area contributed by atoms with E-state index >= 15 is 0 Å². The second-order valence-corrected chi connectivity index (χ2v) is 3.49. The summed E-state index contributed by atoms with van der Waals surface area (Å²) in [5.74, 6) is -0.276. The van der Waals surface area contributed by atoms with Gasteiger partial charge in [-0.1, -0.05) is 0 Å². The molecular formula is C10H19NO5. The lowest BCUT2D eigenvalue weighted by Crippen LogP contribution is -2.51. The Hall–Kier alpha value is -0.690. The summed E-state index contributed by atoms with van der Waals surface area (Å²) in [5.41, 5.74) is 0. The van der Waals surface area contributed by atoms with Crippen molar-refractivity contribution in [2.75, 3.05) is 53.2 Å². The van der Waals surface area contributed by atoms with Gasteiger partial charge < -0.3 is 19.3 Å². The molecule has 1 aliphatic rings. The van der Waals surface area contributed by atoms with Gasteiger partial charge in [-0.3, -0.25) is 9.69 Å². The van der Waals surface area contributed by atoms with E-state index in [1.54, 1.807) is 0 Å². The molecule has 0 aliphatic carbocycles.